The van der Waals surface area contributed by atoms with Gasteiger partial charge in [0.15, 0.2) is 0 Å². The van der Waals surface area contributed by atoms with Crippen LogP contribution < -0.4 is 0 Å². The van der Waals surface area contributed by atoms with Gasteiger partial charge in [-0.2, -0.15) is 0 Å². The molecular formula is C54H78Cl4Co2P6. The van der Waals surface area contributed by atoms with Gasteiger partial charge in [0, 0.05) is 53.6 Å². The molecule has 370 valence electrons. The summed E-state index contributed by atoms with van der Waals surface area (Å²) >= 11 is 25.1. The molecule has 0 aliphatic heterocycles. The Kier molecular flexibility index (Phi) is 43.9. The topological polar surface area (TPSA) is 0 Å². The zero-order chi connectivity index (χ0) is 49.1. The molecule has 66 heavy (non-hydrogen) atoms. The Morgan fingerprint density at radius 2 is 0.455 bits per heavy atom. The molecule has 2 atom stereocenters. The SMILES string of the molecule is CP(C)C.CP(C)C.CP(C)C.CP(C)C.CP(C)C.CP(C)C.Clc1ccc(C(=C2[CH][CH][CH]C2C2[CH][CH][CH]C2=C(c2ccc(Cl)cc2)c2ccc(Cl)cc2)c2ccc(Cl)cc2)cc1.[Co].[Co]. The van der Waals surface area contributed by atoms with Crippen LogP contribution in [0, 0.1) is 50.4 Å². The van der Waals surface area contributed by atoms with Crippen LogP contribution in [0.1, 0.15) is 22.3 Å². The molecule has 2 saturated carbocycles. The van der Waals surface area contributed by atoms with E-state index in [4.69, 9.17) is 46.4 Å². The Morgan fingerprint density at radius 3 is 0.606 bits per heavy atom. The van der Waals surface area contributed by atoms with Crippen LogP contribution in [0.3, 0.4) is 0 Å². The van der Waals surface area contributed by atoms with Gasteiger partial charge in [0.25, 0.3) is 0 Å². The van der Waals surface area contributed by atoms with Crippen molar-refractivity contribution in [2.24, 2.45) is 11.8 Å². The zero-order valence-corrected chi connectivity index (χ0v) is 53.2. The molecule has 0 spiro atoms. The first-order chi connectivity index (χ1) is 29.9. The van der Waals surface area contributed by atoms with Crippen molar-refractivity contribution in [1.82, 2.24) is 0 Å². The van der Waals surface area contributed by atoms with Crippen molar-refractivity contribution in [2.45, 2.75) is 0 Å². The van der Waals surface area contributed by atoms with Crippen molar-refractivity contribution in [3.05, 3.63) is 189 Å². The second-order valence-corrected chi connectivity index (χ2v) is 35.7. The fourth-order valence-electron chi connectivity index (χ4n) is 5.58. The number of hydrogen-bond acceptors (Lipinski definition) is 0. The summed E-state index contributed by atoms with van der Waals surface area (Å²) in [4.78, 5) is 0. The van der Waals surface area contributed by atoms with Gasteiger partial charge in [0.05, 0.1) is 0 Å². The molecule has 4 aromatic carbocycles. The van der Waals surface area contributed by atoms with E-state index in [1.807, 2.05) is 48.5 Å². The second-order valence-electron chi connectivity index (χ2n) is 17.9. The molecule has 0 saturated heterocycles. The third kappa shape index (κ3) is 33.7. The van der Waals surface area contributed by atoms with E-state index in [9.17, 15) is 0 Å². The van der Waals surface area contributed by atoms with E-state index in [2.05, 4.69) is 207 Å². The number of benzene rings is 4. The molecule has 0 nitrogen and oxygen atoms in total. The van der Waals surface area contributed by atoms with Crippen LogP contribution in [0.15, 0.2) is 108 Å². The van der Waals surface area contributed by atoms with Crippen LogP contribution in [-0.2, 0) is 33.6 Å². The normalized spacial score (nSPS) is 14.7. The van der Waals surface area contributed by atoms with Crippen molar-refractivity contribution < 1.29 is 33.6 Å². The Labute approximate surface area is 455 Å². The van der Waals surface area contributed by atoms with Crippen molar-refractivity contribution in [3.8, 4) is 0 Å². The Balaban J connectivity index is -0.00000127. The first-order valence-corrected chi connectivity index (χ1v) is 38.7. The maximum absolute atomic E-state index is 6.28. The van der Waals surface area contributed by atoms with Gasteiger partial charge >= 0.3 is 0 Å². The van der Waals surface area contributed by atoms with E-state index in [1.54, 1.807) is 0 Å². The summed E-state index contributed by atoms with van der Waals surface area (Å²) in [6, 6.07) is 32.2. The van der Waals surface area contributed by atoms with Gasteiger partial charge in [-0.1, -0.05) is 106 Å². The standard InChI is InChI=1S/C36H24Cl4.6C3H9P.2Co/c37-27-15-7-23(8-16-27)35(24-9-17-28(38)18-10-24)33-5-1-3-31(33)32-4-2-6-34(32)36(25-11-19-29(39)20-12-25)26-13-21-30(40)22-14-26;6*1-4(2)3;;/h1-22,31-32H;6*1-3H3;;. The minimum atomic E-state index is 0. The predicted molar refractivity (Wildman–Crippen MR) is 319 cm³/mol. The Bertz CT molecular complexity index is 1600. The monoisotopic (exact) mass is 1170 g/mol. The largest absolute Gasteiger partial charge is 0.116 e. The summed E-state index contributed by atoms with van der Waals surface area (Å²) in [5.74, 6) is 0.252. The van der Waals surface area contributed by atoms with Crippen LogP contribution in [0.5, 0.6) is 0 Å². The molecule has 2 fully saturated rings. The minimum absolute atomic E-state index is 0. The molecule has 0 bridgehead atoms. The predicted octanol–water partition coefficient (Wildman–Crippen LogP) is 19.2. The molecule has 0 heterocycles. The number of hydrogen-bond donors (Lipinski definition) is 0. The molecule has 2 aliphatic rings. The van der Waals surface area contributed by atoms with Gasteiger partial charge in [0.2, 0.25) is 0 Å². The van der Waals surface area contributed by atoms with Gasteiger partial charge in [-0.15, -0.1) is 47.5 Å². The molecule has 2 unspecified atom stereocenters. The minimum Gasteiger partial charge on any atom is -0.116 e. The fourth-order valence-corrected chi connectivity index (χ4v) is 6.08. The molecule has 0 aromatic heterocycles. The van der Waals surface area contributed by atoms with E-state index in [0.717, 1.165) is 22.3 Å². The summed E-state index contributed by atoms with van der Waals surface area (Å²) in [6.07, 6.45) is 13.4. The van der Waals surface area contributed by atoms with Gasteiger partial charge in [-0.3, -0.25) is 0 Å². The maximum Gasteiger partial charge on any atom is 0.0406 e. The van der Waals surface area contributed by atoms with E-state index in [0.29, 0.717) is 67.6 Å². The van der Waals surface area contributed by atoms with Crippen LogP contribution in [0.4, 0.5) is 0 Å². The van der Waals surface area contributed by atoms with Crippen molar-refractivity contribution in [1.29, 1.82) is 0 Å². The average molecular weight is 1170 g/mol. The summed E-state index contributed by atoms with van der Waals surface area (Å²) in [6.45, 7) is 40.2. The third-order valence-corrected chi connectivity index (χ3v) is 8.41. The van der Waals surface area contributed by atoms with Gasteiger partial charge < -0.3 is 0 Å². The summed E-state index contributed by atoms with van der Waals surface area (Å²) in [5, 5.41) is 2.85. The van der Waals surface area contributed by atoms with E-state index >= 15 is 0 Å². The third-order valence-electron chi connectivity index (χ3n) is 7.40. The second kappa shape index (κ2) is 40.6. The van der Waals surface area contributed by atoms with Gasteiger partial charge in [-0.05, 0) is 252 Å². The average Bonchev–Trinajstić information content (AvgIpc) is 3.84. The molecule has 6 rings (SSSR count). The first kappa shape index (κ1) is 71.4. The van der Waals surface area contributed by atoms with E-state index < -0.39 is 0 Å². The molecule has 0 amide bonds. The molecule has 4 aromatic rings. The van der Waals surface area contributed by atoms with E-state index in [1.165, 1.54) is 22.3 Å². The molecular weight excluding hydrogens is 1090 g/mol. The fraction of sp³-hybridized carbons (Fsp3) is 0.370. The zero-order valence-electron chi connectivity index (χ0n) is 42.7. The summed E-state index contributed by atoms with van der Waals surface area (Å²) in [7, 11) is 2.28. The van der Waals surface area contributed by atoms with Crippen LogP contribution in [0.2, 0.25) is 20.1 Å². The molecule has 12 heteroatoms. The van der Waals surface area contributed by atoms with Crippen LogP contribution >= 0.6 is 93.9 Å². The number of halogens is 4. The Morgan fingerprint density at radius 1 is 0.303 bits per heavy atom. The van der Waals surface area contributed by atoms with Crippen molar-refractivity contribution >= 4 is 105 Å². The van der Waals surface area contributed by atoms with Crippen molar-refractivity contribution in [2.75, 3.05) is 120 Å². The quantitative estimate of drug-likeness (QED) is 0.175. The first-order valence-electron chi connectivity index (χ1n) is 21.1. The van der Waals surface area contributed by atoms with Crippen molar-refractivity contribution in [3.63, 3.8) is 0 Å². The summed E-state index contributed by atoms with van der Waals surface area (Å²) in [5.41, 5.74) is 9.28. The summed E-state index contributed by atoms with van der Waals surface area (Å²) < 4.78 is 0. The molecule has 2 aliphatic carbocycles. The van der Waals surface area contributed by atoms with Gasteiger partial charge in [0.1, 0.15) is 0 Å². The smallest absolute Gasteiger partial charge is 0.0406 e. The van der Waals surface area contributed by atoms with Crippen LogP contribution in [-0.4, -0.2) is 120 Å². The Hall–Kier alpha value is 1.11. The van der Waals surface area contributed by atoms with E-state index in [-0.39, 0.29) is 45.4 Å². The molecule has 8 radical (unpaired) electrons. The van der Waals surface area contributed by atoms with Crippen LogP contribution in [0.25, 0.3) is 11.1 Å². The number of allylic oxidation sites excluding steroid dienone is 2. The molecule has 0 N–H and O–H groups in total. The maximum atomic E-state index is 6.28. The van der Waals surface area contributed by atoms with Gasteiger partial charge in [-0.25, -0.2) is 0 Å². The number of rotatable bonds is 5.